The van der Waals surface area contributed by atoms with Gasteiger partial charge >= 0.3 is 5.97 Å². The molecule has 6 rings (SSSR count). The van der Waals surface area contributed by atoms with Gasteiger partial charge < -0.3 is 4.74 Å². The van der Waals surface area contributed by atoms with Gasteiger partial charge in [-0.15, -0.1) is 0 Å². The van der Waals surface area contributed by atoms with Gasteiger partial charge in [-0.1, -0.05) is 38.3 Å². The molecular formula is C30H40N2O3. The Morgan fingerprint density at radius 2 is 1.86 bits per heavy atom. The first kappa shape index (κ1) is 23.2. The maximum atomic E-state index is 13.8. The van der Waals surface area contributed by atoms with Gasteiger partial charge in [0.25, 0.3) is 0 Å². The van der Waals surface area contributed by atoms with Gasteiger partial charge in [0.1, 0.15) is 6.10 Å². The Morgan fingerprint density at radius 3 is 2.63 bits per heavy atom. The van der Waals surface area contributed by atoms with E-state index in [1.807, 2.05) is 6.20 Å². The molecule has 0 bridgehead atoms. The van der Waals surface area contributed by atoms with Crippen LogP contribution in [0.5, 0.6) is 0 Å². The molecule has 35 heavy (non-hydrogen) atoms. The summed E-state index contributed by atoms with van der Waals surface area (Å²) in [6, 6.07) is 2.57. The number of allylic oxidation sites excluding steroid dienone is 2. The topological polar surface area (TPSA) is 61.2 Å². The van der Waals surface area contributed by atoms with Gasteiger partial charge in [-0.25, -0.2) is 0 Å². The Hall–Kier alpha value is -2.17. The van der Waals surface area contributed by atoms with Crippen LogP contribution >= 0.6 is 0 Å². The lowest BCUT2D eigenvalue weighted by Gasteiger charge is -2.56. The highest BCUT2D eigenvalue weighted by Crippen LogP contribution is 2.64. The minimum absolute atomic E-state index is 0.0320. The van der Waals surface area contributed by atoms with E-state index in [1.54, 1.807) is 0 Å². The van der Waals surface area contributed by atoms with Crippen molar-refractivity contribution in [2.24, 2.45) is 28.6 Å². The van der Waals surface area contributed by atoms with Gasteiger partial charge in [0, 0.05) is 25.0 Å². The predicted molar refractivity (Wildman–Crippen MR) is 135 cm³/mol. The summed E-state index contributed by atoms with van der Waals surface area (Å²) in [4.78, 5) is 25.4. The number of Topliss-reactive ketones (excluding diaryl/α,β-unsaturated/α-hetero) is 1. The van der Waals surface area contributed by atoms with E-state index in [1.165, 1.54) is 38.2 Å². The Bertz CT molecular complexity index is 1090. The molecule has 5 aliphatic rings. The van der Waals surface area contributed by atoms with Gasteiger partial charge in [-0.3, -0.25) is 14.3 Å². The van der Waals surface area contributed by atoms with Gasteiger partial charge in [-0.05, 0) is 92.3 Å². The standard InChI is InChI=1S/C30H40N2O3/c1-19(33)35-24-10-13-29(2)21(18-24)8-9-25-26(29)11-14-30(3)27(25)17-20(28(30)34)16-23-12-15-31-32(23)22-6-4-5-7-22/h8,12,15-16,22,24-27H,4-7,9-11,13-14,17-18H2,1-3H3/b20-16+. The average Bonchev–Trinajstić information content (AvgIpc) is 3.55. The highest BCUT2D eigenvalue weighted by molar-refractivity contribution is 6.05. The normalized spacial score (nSPS) is 40.3. The first-order valence-corrected chi connectivity index (χ1v) is 14.0. The molecule has 1 heterocycles. The minimum Gasteiger partial charge on any atom is -0.462 e. The summed E-state index contributed by atoms with van der Waals surface area (Å²) in [5, 5.41) is 4.64. The molecule has 5 heteroatoms. The van der Waals surface area contributed by atoms with Gasteiger partial charge in [0.05, 0.1) is 11.7 Å². The van der Waals surface area contributed by atoms with Crippen LogP contribution in [0.4, 0.5) is 0 Å². The van der Waals surface area contributed by atoms with Gasteiger partial charge in [0.2, 0.25) is 0 Å². The van der Waals surface area contributed by atoms with E-state index in [2.05, 4.69) is 41.8 Å². The lowest BCUT2D eigenvalue weighted by molar-refractivity contribution is -0.148. The molecule has 0 aliphatic heterocycles. The smallest absolute Gasteiger partial charge is 0.302 e. The average molecular weight is 477 g/mol. The third-order valence-corrected chi connectivity index (χ3v) is 10.7. The summed E-state index contributed by atoms with van der Waals surface area (Å²) < 4.78 is 7.77. The minimum atomic E-state index is -0.234. The number of hydrogen-bond acceptors (Lipinski definition) is 4. The largest absolute Gasteiger partial charge is 0.462 e. The van der Waals surface area contributed by atoms with Crippen LogP contribution in [0, 0.1) is 28.6 Å². The van der Waals surface area contributed by atoms with E-state index in [4.69, 9.17) is 4.74 Å². The number of nitrogens with zero attached hydrogens (tertiary/aromatic N) is 2. The number of hydrogen-bond donors (Lipinski definition) is 0. The molecule has 5 nitrogen and oxygen atoms in total. The molecule has 1 aromatic rings. The van der Waals surface area contributed by atoms with Crippen LogP contribution in [0.3, 0.4) is 0 Å². The zero-order chi connectivity index (χ0) is 24.4. The zero-order valence-corrected chi connectivity index (χ0v) is 21.6. The molecule has 0 radical (unpaired) electrons. The van der Waals surface area contributed by atoms with Crippen molar-refractivity contribution in [3.05, 3.63) is 35.2 Å². The number of rotatable bonds is 3. The number of ketones is 1. The molecule has 4 saturated carbocycles. The predicted octanol–water partition coefficient (Wildman–Crippen LogP) is 6.46. The van der Waals surface area contributed by atoms with E-state index in [-0.39, 0.29) is 22.9 Å². The number of carbonyl (C=O) groups is 2. The zero-order valence-electron chi connectivity index (χ0n) is 21.6. The summed E-state index contributed by atoms with van der Waals surface area (Å²) in [5.74, 6) is 1.82. The number of aromatic nitrogens is 2. The van der Waals surface area contributed by atoms with E-state index in [0.29, 0.717) is 29.6 Å². The molecule has 188 valence electrons. The molecule has 4 fully saturated rings. The quantitative estimate of drug-likeness (QED) is 0.285. The number of carbonyl (C=O) groups excluding carboxylic acids is 2. The fourth-order valence-corrected chi connectivity index (χ4v) is 8.83. The number of ether oxygens (including phenoxy) is 1. The lowest BCUT2D eigenvalue weighted by atomic mass is 9.48. The Morgan fingerprint density at radius 1 is 1.09 bits per heavy atom. The molecule has 0 saturated heterocycles. The number of esters is 1. The fourth-order valence-electron chi connectivity index (χ4n) is 8.83. The monoisotopic (exact) mass is 476 g/mol. The third-order valence-electron chi connectivity index (χ3n) is 10.7. The van der Waals surface area contributed by atoms with Crippen LogP contribution in [0.2, 0.25) is 0 Å². The van der Waals surface area contributed by atoms with E-state index in [0.717, 1.165) is 56.2 Å². The van der Waals surface area contributed by atoms with Crippen LogP contribution in [0.25, 0.3) is 6.08 Å². The van der Waals surface area contributed by atoms with Crippen LogP contribution < -0.4 is 0 Å². The SMILES string of the molecule is CC(=O)OC1CCC2(C)C(=CCC3C4C/C(=C\c5ccnn5C5CCCC5)C(=O)C4(C)CCC32)C1. The fraction of sp³-hybridized carbons (Fsp3) is 0.700. The summed E-state index contributed by atoms with van der Waals surface area (Å²) >= 11 is 0. The van der Waals surface area contributed by atoms with E-state index in [9.17, 15) is 9.59 Å². The van der Waals surface area contributed by atoms with Gasteiger partial charge in [-0.2, -0.15) is 5.10 Å². The van der Waals surface area contributed by atoms with Gasteiger partial charge in [0.15, 0.2) is 5.78 Å². The van der Waals surface area contributed by atoms with E-state index >= 15 is 0 Å². The Balaban J connectivity index is 1.27. The van der Waals surface area contributed by atoms with Crippen molar-refractivity contribution >= 4 is 17.8 Å². The maximum absolute atomic E-state index is 13.8. The first-order chi connectivity index (χ1) is 16.8. The van der Waals surface area contributed by atoms with Crippen molar-refractivity contribution in [1.29, 1.82) is 0 Å². The number of fused-ring (bicyclic) bond motifs is 5. The lowest BCUT2D eigenvalue weighted by Crippen LogP contribution is -2.50. The van der Waals surface area contributed by atoms with Crippen molar-refractivity contribution in [3.8, 4) is 0 Å². The molecule has 0 N–H and O–H groups in total. The summed E-state index contributed by atoms with van der Waals surface area (Å²) in [6.07, 6.45) is 18.5. The molecule has 0 spiro atoms. The summed E-state index contributed by atoms with van der Waals surface area (Å²) in [5.41, 5.74) is 3.58. The second-order valence-corrected chi connectivity index (χ2v) is 12.5. The molecule has 6 unspecified atom stereocenters. The van der Waals surface area contributed by atoms with E-state index < -0.39 is 0 Å². The molecular weight excluding hydrogens is 436 g/mol. The highest BCUT2D eigenvalue weighted by Gasteiger charge is 2.60. The summed E-state index contributed by atoms with van der Waals surface area (Å²) in [6.45, 7) is 6.23. The van der Waals surface area contributed by atoms with Crippen LogP contribution in [0.15, 0.2) is 29.5 Å². The molecule has 0 aromatic carbocycles. The molecule has 0 amide bonds. The van der Waals surface area contributed by atoms with Crippen molar-refractivity contribution in [3.63, 3.8) is 0 Å². The maximum Gasteiger partial charge on any atom is 0.302 e. The van der Waals surface area contributed by atoms with Crippen molar-refractivity contribution in [2.45, 2.75) is 104 Å². The molecule has 6 atom stereocenters. The van der Waals surface area contributed by atoms with Crippen molar-refractivity contribution < 1.29 is 14.3 Å². The van der Waals surface area contributed by atoms with Crippen molar-refractivity contribution in [1.82, 2.24) is 9.78 Å². The molecule has 1 aromatic heterocycles. The first-order valence-electron chi connectivity index (χ1n) is 14.0. The summed E-state index contributed by atoms with van der Waals surface area (Å²) in [7, 11) is 0. The second-order valence-electron chi connectivity index (χ2n) is 12.5. The van der Waals surface area contributed by atoms with Crippen molar-refractivity contribution in [2.75, 3.05) is 0 Å². The third kappa shape index (κ3) is 3.67. The second kappa shape index (κ2) is 8.45. The molecule has 5 aliphatic carbocycles. The van der Waals surface area contributed by atoms with Crippen LogP contribution in [-0.4, -0.2) is 27.6 Å². The highest BCUT2D eigenvalue weighted by atomic mass is 16.5. The Kier molecular flexibility index (Phi) is 5.61. The van der Waals surface area contributed by atoms with Crippen LogP contribution in [0.1, 0.15) is 103 Å². The Labute approximate surface area is 209 Å². The van der Waals surface area contributed by atoms with Crippen LogP contribution in [-0.2, 0) is 14.3 Å².